The first-order chi connectivity index (χ1) is 15.9. The van der Waals surface area contributed by atoms with E-state index in [1.54, 1.807) is 0 Å². The Hall–Kier alpha value is -3.02. The van der Waals surface area contributed by atoms with Gasteiger partial charge in [-0.1, -0.05) is 23.5 Å². The summed E-state index contributed by atoms with van der Waals surface area (Å²) < 4.78 is 0. The molecule has 2 saturated carbocycles. The molecule has 2 fully saturated rings. The molecule has 2 aromatic heterocycles. The van der Waals surface area contributed by atoms with Crippen molar-refractivity contribution in [1.82, 2.24) is 15.3 Å². The van der Waals surface area contributed by atoms with Crippen molar-refractivity contribution in [3.8, 4) is 21.1 Å². The Labute approximate surface area is 198 Å². The van der Waals surface area contributed by atoms with Crippen LogP contribution in [0.3, 0.4) is 0 Å². The molecule has 3 amide bonds. The lowest BCUT2D eigenvalue weighted by Gasteiger charge is -2.25. The van der Waals surface area contributed by atoms with Crippen LogP contribution in [0.25, 0.3) is 21.1 Å². The molecule has 0 aliphatic heterocycles. The standard InChI is InChI=1S/C22H24N6O3S2/c1-24-21(31)28-22-27-18(23)17(33-22)20-26-15(9-32-20)11-3-2-4-12(8-11)25-19(30)14-6-10-5-13(14)16(29)7-10/h2-4,8-10,13-14,16,29H,5-7,23H2,1H3,(H,25,30)(H2,24,27,28,31). The average molecular weight is 485 g/mol. The van der Waals surface area contributed by atoms with Crippen LogP contribution in [-0.2, 0) is 4.79 Å². The Bertz CT molecular complexity index is 1210. The number of amides is 3. The highest BCUT2D eigenvalue weighted by atomic mass is 32.1. The summed E-state index contributed by atoms with van der Waals surface area (Å²) in [5.74, 6) is 0.700. The summed E-state index contributed by atoms with van der Waals surface area (Å²) >= 11 is 2.69. The van der Waals surface area contributed by atoms with Gasteiger partial charge in [0.1, 0.15) is 15.7 Å². The van der Waals surface area contributed by atoms with E-state index in [0.717, 1.165) is 30.5 Å². The molecule has 33 heavy (non-hydrogen) atoms. The van der Waals surface area contributed by atoms with Crippen LogP contribution in [0.5, 0.6) is 0 Å². The molecular weight excluding hydrogens is 460 g/mol. The summed E-state index contributed by atoms with van der Waals surface area (Å²) in [6.45, 7) is 0. The van der Waals surface area contributed by atoms with Crippen LogP contribution in [-0.4, -0.2) is 40.2 Å². The number of urea groups is 1. The number of hydrogen-bond donors (Lipinski definition) is 5. The normalized spacial score (nSPS) is 23.5. The molecule has 0 radical (unpaired) electrons. The minimum absolute atomic E-state index is 0.0223. The minimum atomic E-state index is -0.367. The number of rotatable bonds is 5. The molecule has 0 spiro atoms. The number of fused-ring (bicyclic) bond motifs is 2. The van der Waals surface area contributed by atoms with Crippen LogP contribution in [0.1, 0.15) is 19.3 Å². The fourth-order valence-electron chi connectivity index (χ4n) is 4.81. The summed E-state index contributed by atoms with van der Waals surface area (Å²) in [6, 6.07) is 7.20. The molecule has 9 nitrogen and oxygen atoms in total. The fraction of sp³-hybridized carbons (Fsp3) is 0.364. The van der Waals surface area contributed by atoms with Crippen LogP contribution >= 0.6 is 22.7 Å². The number of carbonyl (C=O) groups excluding carboxylic acids is 2. The summed E-state index contributed by atoms with van der Waals surface area (Å²) in [5.41, 5.74) is 8.38. The van der Waals surface area contributed by atoms with Gasteiger partial charge in [-0.05, 0) is 43.2 Å². The average Bonchev–Trinajstić information content (AvgIpc) is 3.57. The third kappa shape index (κ3) is 4.31. The van der Waals surface area contributed by atoms with Crippen molar-refractivity contribution in [3.05, 3.63) is 29.6 Å². The van der Waals surface area contributed by atoms with Crippen molar-refractivity contribution in [2.45, 2.75) is 25.4 Å². The van der Waals surface area contributed by atoms with Crippen LogP contribution in [0.4, 0.5) is 21.4 Å². The van der Waals surface area contributed by atoms with Gasteiger partial charge >= 0.3 is 6.03 Å². The van der Waals surface area contributed by atoms with Crippen LogP contribution in [0.2, 0.25) is 0 Å². The molecule has 2 bridgehead atoms. The maximum atomic E-state index is 12.8. The quantitative estimate of drug-likeness (QED) is 0.374. The molecule has 2 aliphatic rings. The lowest BCUT2D eigenvalue weighted by Crippen LogP contribution is -2.33. The van der Waals surface area contributed by atoms with Crippen LogP contribution < -0.4 is 21.7 Å². The largest absolute Gasteiger partial charge is 0.393 e. The SMILES string of the molecule is CNC(=O)Nc1nc(N)c(-c2nc(-c3cccc(NC(=O)C4CC5CC(O)C4C5)c3)cs2)s1. The lowest BCUT2D eigenvalue weighted by atomic mass is 9.86. The first kappa shape index (κ1) is 21.8. The number of aliphatic hydroxyl groups is 1. The number of aromatic nitrogens is 2. The van der Waals surface area contributed by atoms with Gasteiger partial charge in [-0.25, -0.2) is 14.8 Å². The molecule has 2 heterocycles. The maximum Gasteiger partial charge on any atom is 0.320 e. The predicted octanol–water partition coefficient (Wildman–Crippen LogP) is 3.61. The highest BCUT2D eigenvalue weighted by Crippen LogP contribution is 2.48. The van der Waals surface area contributed by atoms with E-state index in [1.807, 2.05) is 29.6 Å². The highest BCUT2D eigenvalue weighted by molar-refractivity contribution is 7.23. The van der Waals surface area contributed by atoms with E-state index < -0.39 is 0 Å². The van der Waals surface area contributed by atoms with E-state index >= 15 is 0 Å². The number of benzene rings is 1. The monoisotopic (exact) mass is 484 g/mol. The van der Waals surface area contributed by atoms with Crippen LogP contribution in [0, 0.1) is 17.8 Å². The maximum absolute atomic E-state index is 12.8. The minimum Gasteiger partial charge on any atom is -0.393 e. The first-order valence-electron chi connectivity index (χ1n) is 10.7. The van der Waals surface area contributed by atoms with Crippen molar-refractivity contribution in [2.24, 2.45) is 17.8 Å². The Morgan fingerprint density at radius 3 is 2.79 bits per heavy atom. The molecule has 4 unspecified atom stereocenters. The van der Waals surface area contributed by atoms with Crippen molar-refractivity contribution >= 4 is 51.2 Å². The molecule has 11 heteroatoms. The van der Waals surface area contributed by atoms with Gasteiger partial charge in [-0.15, -0.1) is 11.3 Å². The number of carbonyl (C=O) groups is 2. The number of nitrogen functional groups attached to an aromatic ring is 1. The molecule has 4 atom stereocenters. The van der Waals surface area contributed by atoms with E-state index in [4.69, 9.17) is 10.7 Å². The fourth-order valence-corrected chi connectivity index (χ4v) is 6.62. The van der Waals surface area contributed by atoms with Gasteiger partial charge in [0.05, 0.1) is 11.8 Å². The molecule has 3 aromatic rings. The number of nitrogens with one attached hydrogen (secondary N) is 3. The Morgan fingerprint density at radius 2 is 2.03 bits per heavy atom. The summed E-state index contributed by atoms with van der Waals surface area (Å²) in [4.78, 5) is 33.9. The topological polar surface area (TPSA) is 142 Å². The van der Waals surface area contributed by atoms with E-state index in [9.17, 15) is 14.7 Å². The third-order valence-electron chi connectivity index (χ3n) is 6.34. The number of hydrogen-bond acceptors (Lipinski definition) is 8. The molecule has 5 rings (SSSR count). The third-order valence-corrected chi connectivity index (χ3v) is 8.32. The van der Waals surface area contributed by atoms with Gasteiger partial charge in [-0.3, -0.25) is 10.1 Å². The Balaban J connectivity index is 1.31. The molecule has 6 N–H and O–H groups in total. The zero-order valence-corrected chi connectivity index (χ0v) is 19.5. The van der Waals surface area contributed by atoms with Gasteiger partial charge in [0, 0.05) is 29.6 Å². The molecule has 0 saturated heterocycles. The number of nitrogens with two attached hydrogens (primary N) is 1. The second-order valence-corrected chi connectivity index (χ2v) is 10.3. The van der Waals surface area contributed by atoms with E-state index in [1.165, 1.54) is 29.7 Å². The van der Waals surface area contributed by atoms with E-state index in [2.05, 4.69) is 20.9 Å². The molecule has 1 aromatic carbocycles. The van der Waals surface area contributed by atoms with E-state index in [-0.39, 0.29) is 29.9 Å². The van der Waals surface area contributed by atoms with Gasteiger partial charge < -0.3 is 21.5 Å². The number of anilines is 3. The molecule has 2 aliphatic carbocycles. The predicted molar refractivity (Wildman–Crippen MR) is 130 cm³/mol. The second-order valence-electron chi connectivity index (χ2n) is 8.46. The molecule has 172 valence electrons. The lowest BCUT2D eigenvalue weighted by molar-refractivity contribution is -0.122. The number of nitrogens with zero attached hydrogens (tertiary/aromatic N) is 2. The van der Waals surface area contributed by atoms with Gasteiger partial charge in [0.25, 0.3) is 0 Å². The van der Waals surface area contributed by atoms with Gasteiger partial charge in [0.15, 0.2) is 5.13 Å². The Morgan fingerprint density at radius 1 is 1.18 bits per heavy atom. The number of aliphatic hydroxyl groups excluding tert-OH is 1. The van der Waals surface area contributed by atoms with Crippen LogP contribution in [0.15, 0.2) is 29.6 Å². The number of thiazole rings is 2. The zero-order valence-electron chi connectivity index (χ0n) is 17.9. The first-order valence-corrected chi connectivity index (χ1v) is 12.4. The van der Waals surface area contributed by atoms with Crippen molar-refractivity contribution in [3.63, 3.8) is 0 Å². The summed E-state index contributed by atoms with van der Waals surface area (Å²) in [7, 11) is 1.53. The zero-order chi connectivity index (χ0) is 23.1. The summed E-state index contributed by atoms with van der Waals surface area (Å²) in [6.07, 6.45) is 2.27. The van der Waals surface area contributed by atoms with Gasteiger partial charge in [-0.2, -0.15) is 0 Å². The van der Waals surface area contributed by atoms with Crippen molar-refractivity contribution < 1.29 is 14.7 Å². The van der Waals surface area contributed by atoms with Crippen molar-refractivity contribution in [1.29, 1.82) is 0 Å². The summed E-state index contributed by atoms with van der Waals surface area (Å²) in [5, 5.41) is 21.3. The highest BCUT2D eigenvalue weighted by Gasteiger charge is 2.48. The van der Waals surface area contributed by atoms with Crippen molar-refractivity contribution in [2.75, 3.05) is 23.4 Å². The second kappa shape index (κ2) is 8.73. The smallest absolute Gasteiger partial charge is 0.320 e. The van der Waals surface area contributed by atoms with E-state index in [0.29, 0.717) is 32.4 Å². The van der Waals surface area contributed by atoms with Gasteiger partial charge in [0.2, 0.25) is 5.91 Å². The Kier molecular flexibility index (Phi) is 5.77. The molecular formula is C22H24N6O3S2.